The molecular weight excluding hydrogens is 234 g/mol. The number of nitrogens with zero attached hydrogens (tertiary/aromatic N) is 1. The topological polar surface area (TPSA) is 12.5 Å². The van der Waals surface area contributed by atoms with Crippen LogP contribution in [0.4, 0.5) is 0 Å². The van der Waals surface area contributed by atoms with Gasteiger partial charge in [-0.2, -0.15) is 0 Å². The molecule has 0 atom stereocenters. The largest absolute Gasteiger partial charge is 0.457 e. The third kappa shape index (κ3) is 3.15. The number of rotatable bonds is 4. The summed E-state index contributed by atoms with van der Waals surface area (Å²) in [7, 11) is 0. The second kappa shape index (κ2) is 5.89. The van der Waals surface area contributed by atoms with Crippen LogP contribution in [-0.2, 0) is 6.54 Å². The minimum Gasteiger partial charge on any atom is -0.457 e. The lowest BCUT2D eigenvalue weighted by Gasteiger charge is -2.17. The molecule has 0 radical (unpaired) electrons. The first-order valence-corrected chi connectivity index (χ1v) is 6.95. The SMILES string of the molecule is c1ccc(Oc2ccccc2CN2CCCC2)cc1. The predicted octanol–water partition coefficient (Wildman–Crippen LogP) is 4.07. The van der Waals surface area contributed by atoms with E-state index in [9.17, 15) is 0 Å². The van der Waals surface area contributed by atoms with Crippen LogP contribution in [-0.4, -0.2) is 18.0 Å². The Kier molecular flexibility index (Phi) is 3.80. The lowest BCUT2D eigenvalue weighted by molar-refractivity contribution is 0.325. The van der Waals surface area contributed by atoms with Crippen LogP contribution < -0.4 is 4.74 Å². The normalized spacial score (nSPS) is 15.6. The quantitative estimate of drug-likeness (QED) is 0.814. The molecule has 0 spiro atoms. The van der Waals surface area contributed by atoms with Gasteiger partial charge in [0.15, 0.2) is 0 Å². The summed E-state index contributed by atoms with van der Waals surface area (Å²) in [5, 5.41) is 0. The van der Waals surface area contributed by atoms with Crippen molar-refractivity contribution in [3.05, 3.63) is 60.2 Å². The molecule has 0 aliphatic carbocycles. The van der Waals surface area contributed by atoms with E-state index < -0.39 is 0 Å². The molecule has 19 heavy (non-hydrogen) atoms. The average Bonchev–Trinajstić information content (AvgIpc) is 2.95. The first-order valence-electron chi connectivity index (χ1n) is 6.95. The Morgan fingerprint density at radius 2 is 1.53 bits per heavy atom. The maximum Gasteiger partial charge on any atom is 0.131 e. The maximum atomic E-state index is 5.99. The van der Waals surface area contributed by atoms with Crippen LogP contribution >= 0.6 is 0 Å². The van der Waals surface area contributed by atoms with Crippen molar-refractivity contribution in [3.63, 3.8) is 0 Å². The standard InChI is InChI=1S/C17H19NO/c1-2-9-16(10-3-1)19-17-11-5-4-8-15(17)14-18-12-6-7-13-18/h1-5,8-11H,6-7,12-14H2. The molecule has 1 fully saturated rings. The minimum absolute atomic E-state index is 0.899. The number of likely N-dealkylation sites (tertiary alicyclic amines) is 1. The Hall–Kier alpha value is -1.80. The van der Waals surface area contributed by atoms with Gasteiger partial charge in [0.25, 0.3) is 0 Å². The maximum absolute atomic E-state index is 5.99. The average molecular weight is 253 g/mol. The van der Waals surface area contributed by atoms with Crippen LogP contribution in [0.25, 0.3) is 0 Å². The molecule has 1 aliphatic heterocycles. The van der Waals surface area contributed by atoms with E-state index in [4.69, 9.17) is 4.74 Å². The zero-order valence-electron chi connectivity index (χ0n) is 11.1. The fourth-order valence-corrected chi connectivity index (χ4v) is 2.53. The molecule has 1 saturated heterocycles. The zero-order chi connectivity index (χ0) is 12.9. The highest BCUT2D eigenvalue weighted by Crippen LogP contribution is 2.26. The molecule has 2 aromatic carbocycles. The molecule has 1 aliphatic rings. The van der Waals surface area contributed by atoms with Gasteiger partial charge >= 0.3 is 0 Å². The van der Waals surface area contributed by atoms with Crippen LogP contribution in [0.3, 0.4) is 0 Å². The van der Waals surface area contributed by atoms with Gasteiger partial charge in [0, 0.05) is 12.1 Å². The molecule has 3 rings (SSSR count). The highest BCUT2D eigenvalue weighted by Gasteiger charge is 2.14. The van der Waals surface area contributed by atoms with Crippen LogP contribution in [0.1, 0.15) is 18.4 Å². The summed E-state index contributed by atoms with van der Waals surface area (Å²) in [6.07, 6.45) is 2.64. The second-order valence-electron chi connectivity index (χ2n) is 5.01. The summed E-state index contributed by atoms with van der Waals surface area (Å²) in [6.45, 7) is 3.41. The minimum atomic E-state index is 0.899. The van der Waals surface area contributed by atoms with Gasteiger partial charge < -0.3 is 4.74 Å². The van der Waals surface area contributed by atoms with Crippen molar-refractivity contribution in [1.82, 2.24) is 4.90 Å². The van der Waals surface area contributed by atoms with Gasteiger partial charge in [-0.05, 0) is 44.1 Å². The van der Waals surface area contributed by atoms with Crippen molar-refractivity contribution in [2.24, 2.45) is 0 Å². The first-order chi connectivity index (χ1) is 9.42. The Labute approximate surface area is 114 Å². The summed E-state index contributed by atoms with van der Waals surface area (Å²) in [4.78, 5) is 2.49. The number of para-hydroxylation sites is 2. The number of benzene rings is 2. The molecule has 2 aromatic rings. The van der Waals surface area contributed by atoms with Crippen LogP contribution in [0, 0.1) is 0 Å². The van der Waals surface area contributed by atoms with Crippen molar-refractivity contribution >= 4 is 0 Å². The van der Waals surface area contributed by atoms with E-state index in [1.807, 2.05) is 36.4 Å². The summed E-state index contributed by atoms with van der Waals surface area (Å²) in [5.41, 5.74) is 1.27. The number of ether oxygens (including phenoxy) is 1. The summed E-state index contributed by atoms with van der Waals surface area (Å²) < 4.78 is 5.99. The molecule has 0 bridgehead atoms. The fourth-order valence-electron chi connectivity index (χ4n) is 2.53. The van der Waals surface area contributed by atoms with Crippen LogP contribution in [0.15, 0.2) is 54.6 Å². The van der Waals surface area contributed by atoms with E-state index in [1.54, 1.807) is 0 Å². The highest BCUT2D eigenvalue weighted by atomic mass is 16.5. The van der Waals surface area contributed by atoms with Gasteiger partial charge in [-0.1, -0.05) is 36.4 Å². The third-order valence-corrected chi connectivity index (χ3v) is 3.54. The van der Waals surface area contributed by atoms with Crippen molar-refractivity contribution in [2.45, 2.75) is 19.4 Å². The molecule has 0 N–H and O–H groups in total. The Morgan fingerprint density at radius 1 is 0.842 bits per heavy atom. The van der Waals surface area contributed by atoms with E-state index in [-0.39, 0.29) is 0 Å². The van der Waals surface area contributed by atoms with Crippen molar-refractivity contribution < 1.29 is 4.74 Å². The van der Waals surface area contributed by atoms with Gasteiger partial charge in [-0.25, -0.2) is 0 Å². The molecule has 0 unspecified atom stereocenters. The molecule has 0 aromatic heterocycles. The van der Waals surface area contributed by atoms with E-state index in [0.29, 0.717) is 0 Å². The molecule has 98 valence electrons. The Balaban J connectivity index is 1.77. The fraction of sp³-hybridized carbons (Fsp3) is 0.294. The van der Waals surface area contributed by atoms with E-state index in [0.717, 1.165) is 18.0 Å². The van der Waals surface area contributed by atoms with Gasteiger partial charge in [0.05, 0.1) is 0 Å². The van der Waals surface area contributed by atoms with Crippen molar-refractivity contribution in [1.29, 1.82) is 0 Å². The molecule has 0 amide bonds. The van der Waals surface area contributed by atoms with Gasteiger partial charge in [0.1, 0.15) is 11.5 Å². The summed E-state index contributed by atoms with van der Waals surface area (Å²) in [6, 6.07) is 18.3. The van der Waals surface area contributed by atoms with Crippen LogP contribution in [0.2, 0.25) is 0 Å². The smallest absolute Gasteiger partial charge is 0.131 e. The highest BCUT2D eigenvalue weighted by molar-refractivity contribution is 5.37. The Bertz CT molecular complexity index is 518. The van der Waals surface area contributed by atoms with Crippen molar-refractivity contribution in [2.75, 3.05) is 13.1 Å². The molecular formula is C17H19NO. The van der Waals surface area contributed by atoms with Crippen molar-refractivity contribution in [3.8, 4) is 11.5 Å². The monoisotopic (exact) mass is 253 g/mol. The number of hydrogen-bond acceptors (Lipinski definition) is 2. The zero-order valence-corrected chi connectivity index (χ0v) is 11.1. The van der Waals surface area contributed by atoms with Crippen LogP contribution in [0.5, 0.6) is 11.5 Å². The van der Waals surface area contributed by atoms with E-state index in [1.165, 1.54) is 31.5 Å². The van der Waals surface area contributed by atoms with E-state index in [2.05, 4.69) is 23.1 Å². The molecule has 2 heteroatoms. The lowest BCUT2D eigenvalue weighted by atomic mass is 10.2. The summed E-state index contributed by atoms with van der Waals surface area (Å²) in [5.74, 6) is 1.87. The van der Waals surface area contributed by atoms with Gasteiger partial charge in [-0.15, -0.1) is 0 Å². The molecule has 1 heterocycles. The lowest BCUT2D eigenvalue weighted by Crippen LogP contribution is -2.18. The molecule has 2 nitrogen and oxygen atoms in total. The number of hydrogen-bond donors (Lipinski definition) is 0. The second-order valence-corrected chi connectivity index (χ2v) is 5.01. The van der Waals surface area contributed by atoms with E-state index >= 15 is 0 Å². The summed E-state index contributed by atoms with van der Waals surface area (Å²) >= 11 is 0. The molecule has 0 saturated carbocycles. The third-order valence-electron chi connectivity index (χ3n) is 3.54. The first kappa shape index (κ1) is 12.2. The van der Waals surface area contributed by atoms with Gasteiger partial charge in [0.2, 0.25) is 0 Å². The Morgan fingerprint density at radius 3 is 2.32 bits per heavy atom. The predicted molar refractivity (Wildman–Crippen MR) is 77.5 cm³/mol. The van der Waals surface area contributed by atoms with Gasteiger partial charge in [-0.3, -0.25) is 4.90 Å².